The van der Waals surface area contributed by atoms with Crippen molar-refractivity contribution in [2.24, 2.45) is 4.99 Å². The number of piperidine rings is 1. The Morgan fingerprint density at radius 1 is 1.25 bits per heavy atom. The van der Waals surface area contributed by atoms with E-state index in [1.165, 1.54) is 19.2 Å². The maximum absolute atomic E-state index is 13.4. The molecule has 0 aliphatic carbocycles. The molecule has 1 aliphatic heterocycles. The van der Waals surface area contributed by atoms with Crippen molar-refractivity contribution in [3.8, 4) is 5.75 Å². The number of halogens is 3. The number of alkyl halides is 3. The highest BCUT2D eigenvalue weighted by Crippen LogP contribution is 2.34. The summed E-state index contributed by atoms with van der Waals surface area (Å²) in [5.74, 6) is 0.740. The molecule has 1 aliphatic rings. The Morgan fingerprint density at radius 3 is 2.54 bits per heavy atom. The first-order valence-electron chi connectivity index (χ1n) is 9.88. The molecular formula is C20H31F3N4O. The van der Waals surface area contributed by atoms with Crippen LogP contribution in [0.3, 0.4) is 0 Å². The third-order valence-corrected chi connectivity index (χ3v) is 4.84. The lowest BCUT2D eigenvalue weighted by molar-refractivity contribution is -0.138. The summed E-state index contributed by atoms with van der Waals surface area (Å²) in [5, 5.41) is 6.51. The molecule has 0 unspecified atom stereocenters. The molecule has 1 aromatic rings. The standard InChI is InChI=1S/C20H31F3N4O/c1-4-10-27-11-8-16(9-12-27)26-19(24-5-2)25-14-15-6-7-17(28-3)13-18(15)20(21,22)23/h6-7,13,16H,4-5,8-12,14H2,1-3H3,(H2,24,25,26). The average molecular weight is 400 g/mol. The van der Waals surface area contributed by atoms with Crippen molar-refractivity contribution < 1.29 is 17.9 Å². The number of nitrogens with one attached hydrogen (secondary N) is 2. The Bertz CT molecular complexity index is 641. The van der Waals surface area contributed by atoms with Crippen LogP contribution < -0.4 is 15.4 Å². The van der Waals surface area contributed by atoms with Crippen molar-refractivity contribution in [2.75, 3.05) is 33.3 Å². The summed E-state index contributed by atoms with van der Waals surface area (Å²) in [6.45, 7) is 7.88. The molecule has 0 atom stereocenters. The minimum absolute atomic E-state index is 0.0527. The van der Waals surface area contributed by atoms with Crippen LogP contribution in [-0.4, -0.2) is 50.2 Å². The van der Waals surface area contributed by atoms with Crippen molar-refractivity contribution >= 4 is 5.96 Å². The molecule has 0 amide bonds. The fourth-order valence-corrected chi connectivity index (χ4v) is 3.38. The lowest BCUT2D eigenvalue weighted by Crippen LogP contribution is -2.48. The van der Waals surface area contributed by atoms with Gasteiger partial charge in [-0.05, 0) is 50.4 Å². The highest BCUT2D eigenvalue weighted by molar-refractivity contribution is 5.80. The number of hydrogen-bond acceptors (Lipinski definition) is 3. The summed E-state index contributed by atoms with van der Waals surface area (Å²) in [4.78, 5) is 6.84. The quantitative estimate of drug-likeness (QED) is 0.542. The van der Waals surface area contributed by atoms with Gasteiger partial charge < -0.3 is 20.3 Å². The molecule has 158 valence electrons. The molecular weight excluding hydrogens is 369 g/mol. The fourth-order valence-electron chi connectivity index (χ4n) is 3.38. The van der Waals surface area contributed by atoms with Gasteiger partial charge in [-0.25, -0.2) is 4.99 Å². The van der Waals surface area contributed by atoms with Gasteiger partial charge >= 0.3 is 6.18 Å². The van der Waals surface area contributed by atoms with Gasteiger partial charge in [0, 0.05) is 25.7 Å². The summed E-state index contributed by atoms with van der Waals surface area (Å²) in [6, 6.07) is 4.26. The van der Waals surface area contributed by atoms with Gasteiger partial charge in [-0.3, -0.25) is 0 Å². The second-order valence-electron chi connectivity index (χ2n) is 6.98. The van der Waals surface area contributed by atoms with Crippen LogP contribution in [0.4, 0.5) is 13.2 Å². The van der Waals surface area contributed by atoms with Crippen LogP contribution in [0.2, 0.25) is 0 Å². The van der Waals surface area contributed by atoms with Gasteiger partial charge in [0.2, 0.25) is 0 Å². The van der Waals surface area contributed by atoms with Crippen LogP contribution >= 0.6 is 0 Å². The Kier molecular flexibility index (Phi) is 8.41. The van der Waals surface area contributed by atoms with E-state index in [0.29, 0.717) is 12.5 Å². The molecule has 1 aromatic carbocycles. The van der Waals surface area contributed by atoms with Gasteiger partial charge in [0.25, 0.3) is 0 Å². The van der Waals surface area contributed by atoms with Crippen LogP contribution in [0.25, 0.3) is 0 Å². The first kappa shape index (κ1) is 22.3. The van der Waals surface area contributed by atoms with Gasteiger partial charge in [-0.2, -0.15) is 13.2 Å². The smallest absolute Gasteiger partial charge is 0.416 e. The van der Waals surface area contributed by atoms with Gasteiger partial charge in [-0.15, -0.1) is 0 Å². The number of guanidine groups is 1. The molecule has 0 spiro atoms. The number of hydrogen-bond donors (Lipinski definition) is 2. The van der Waals surface area contributed by atoms with E-state index in [1.54, 1.807) is 0 Å². The second-order valence-corrected chi connectivity index (χ2v) is 6.98. The molecule has 0 radical (unpaired) electrons. The lowest BCUT2D eigenvalue weighted by Gasteiger charge is -2.32. The van der Waals surface area contributed by atoms with Gasteiger partial charge in [0.1, 0.15) is 5.75 Å². The third-order valence-electron chi connectivity index (χ3n) is 4.84. The van der Waals surface area contributed by atoms with Crippen LogP contribution in [0, 0.1) is 0 Å². The number of rotatable bonds is 7. The molecule has 0 saturated carbocycles. The van der Waals surface area contributed by atoms with E-state index < -0.39 is 11.7 Å². The SMILES string of the molecule is CCCN1CCC(NC(=NCc2ccc(OC)cc2C(F)(F)F)NCC)CC1. The van der Waals surface area contributed by atoms with Crippen LogP contribution in [0.1, 0.15) is 44.2 Å². The number of likely N-dealkylation sites (tertiary alicyclic amines) is 1. The highest BCUT2D eigenvalue weighted by atomic mass is 19.4. The molecule has 2 N–H and O–H groups in total. The summed E-state index contributed by atoms with van der Waals surface area (Å²) in [7, 11) is 1.35. The molecule has 0 aromatic heterocycles. The zero-order valence-electron chi connectivity index (χ0n) is 16.9. The summed E-state index contributed by atoms with van der Waals surface area (Å²) < 4.78 is 45.0. The average Bonchev–Trinajstić information content (AvgIpc) is 2.67. The summed E-state index contributed by atoms with van der Waals surface area (Å²) in [6.07, 6.45) is -1.30. The molecule has 0 bridgehead atoms. The first-order chi connectivity index (χ1) is 13.4. The molecule has 8 heteroatoms. The molecule has 2 rings (SSSR count). The monoisotopic (exact) mass is 400 g/mol. The van der Waals surface area contributed by atoms with Crippen molar-refractivity contribution in [1.82, 2.24) is 15.5 Å². The van der Waals surface area contributed by atoms with E-state index in [1.807, 2.05) is 6.92 Å². The normalized spacial score (nSPS) is 16.9. The van der Waals surface area contributed by atoms with E-state index >= 15 is 0 Å². The van der Waals surface area contributed by atoms with E-state index in [2.05, 4.69) is 27.4 Å². The molecule has 5 nitrogen and oxygen atoms in total. The van der Waals surface area contributed by atoms with E-state index in [0.717, 1.165) is 45.0 Å². The lowest BCUT2D eigenvalue weighted by atomic mass is 10.1. The minimum Gasteiger partial charge on any atom is -0.497 e. The topological polar surface area (TPSA) is 48.9 Å². The molecule has 28 heavy (non-hydrogen) atoms. The number of benzene rings is 1. The second kappa shape index (κ2) is 10.5. The highest BCUT2D eigenvalue weighted by Gasteiger charge is 2.33. The van der Waals surface area contributed by atoms with Crippen LogP contribution in [0.15, 0.2) is 23.2 Å². The fraction of sp³-hybridized carbons (Fsp3) is 0.650. The number of aliphatic imine (C=N–C) groups is 1. The first-order valence-corrected chi connectivity index (χ1v) is 9.88. The number of ether oxygens (including phenoxy) is 1. The number of methoxy groups -OCH3 is 1. The largest absolute Gasteiger partial charge is 0.497 e. The maximum atomic E-state index is 13.4. The molecule has 1 fully saturated rings. The minimum atomic E-state index is -4.45. The van der Waals surface area contributed by atoms with Gasteiger partial charge in [-0.1, -0.05) is 13.0 Å². The maximum Gasteiger partial charge on any atom is 0.416 e. The van der Waals surface area contributed by atoms with E-state index in [9.17, 15) is 13.2 Å². The third kappa shape index (κ3) is 6.58. The van der Waals surface area contributed by atoms with Gasteiger partial charge in [0.05, 0.1) is 19.2 Å². The summed E-state index contributed by atoms with van der Waals surface area (Å²) >= 11 is 0. The zero-order chi connectivity index (χ0) is 20.6. The molecule has 1 saturated heterocycles. The van der Waals surface area contributed by atoms with Gasteiger partial charge in [0.15, 0.2) is 5.96 Å². The van der Waals surface area contributed by atoms with E-state index in [-0.39, 0.29) is 23.9 Å². The Hall–Kier alpha value is -1.96. The number of nitrogens with zero attached hydrogens (tertiary/aromatic N) is 2. The van der Waals surface area contributed by atoms with Crippen molar-refractivity contribution in [1.29, 1.82) is 0 Å². The van der Waals surface area contributed by atoms with Crippen LogP contribution in [0.5, 0.6) is 5.75 Å². The van der Waals surface area contributed by atoms with E-state index in [4.69, 9.17) is 4.74 Å². The van der Waals surface area contributed by atoms with Crippen molar-refractivity contribution in [2.45, 2.75) is 51.9 Å². The predicted octanol–water partition coefficient (Wildman–Crippen LogP) is 3.64. The Labute approximate surface area is 165 Å². The predicted molar refractivity (Wildman–Crippen MR) is 106 cm³/mol. The van der Waals surface area contributed by atoms with Crippen molar-refractivity contribution in [3.05, 3.63) is 29.3 Å². The zero-order valence-corrected chi connectivity index (χ0v) is 16.9. The van der Waals surface area contributed by atoms with Crippen molar-refractivity contribution in [3.63, 3.8) is 0 Å². The summed E-state index contributed by atoms with van der Waals surface area (Å²) in [5.41, 5.74) is -0.581. The van der Waals surface area contributed by atoms with Crippen LogP contribution in [-0.2, 0) is 12.7 Å². The Balaban J connectivity index is 2.07. The molecule has 1 heterocycles. The Morgan fingerprint density at radius 2 is 1.96 bits per heavy atom.